The summed E-state index contributed by atoms with van der Waals surface area (Å²) in [5.74, 6) is 0.951. The lowest BCUT2D eigenvalue weighted by atomic mass is 10.0. The zero-order valence-electron chi connectivity index (χ0n) is 10.7. The predicted molar refractivity (Wildman–Crippen MR) is 80.8 cm³/mol. The molecule has 1 N–H and O–H groups in total. The zero-order valence-corrected chi connectivity index (χ0v) is 10.7. The molecule has 0 saturated carbocycles. The van der Waals surface area contributed by atoms with Crippen LogP contribution in [0.15, 0.2) is 71.1 Å². The quantitative estimate of drug-likeness (QED) is 0.525. The Morgan fingerprint density at radius 3 is 2.40 bits per heavy atom. The van der Waals surface area contributed by atoms with Gasteiger partial charge in [0.2, 0.25) is 0 Å². The largest absolute Gasteiger partial charge is 0.504 e. The Labute approximate surface area is 115 Å². The van der Waals surface area contributed by atoms with Crippen LogP contribution >= 0.6 is 0 Å². The van der Waals surface area contributed by atoms with Crippen LogP contribution < -0.4 is 0 Å². The van der Waals surface area contributed by atoms with E-state index in [1.807, 2.05) is 42.5 Å². The summed E-state index contributed by atoms with van der Waals surface area (Å²) in [6.45, 7) is 0. The number of hydrogen-bond donors (Lipinski definition) is 1. The topological polar surface area (TPSA) is 33.4 Å². The van der Waals surface area contributed by atoms with Gasteiger partial charge in [-0.1, -0.05) is 54.6 Å². The van der Waals surface area contributed by atoms with Crippen molar-refractivity contribution >= 4 is 21.7 Å². The van der Waals surface area contributed by atoms with Crippen LogP contribution in [-0.2, 0) is 0 Å². The third kappa shape index (κ3) is 1.58. The van der Waals surface area contributed by atoms with Gasteiger partial charge in [-0.3, -0.25) is 0 Å². The van der Waals surface area contributed by atoms with Crippen molar-refractivity contribution in [3.8, 4) is 17.1 Å². The molecule has 20 heavy (non-hydrogen) atoms. The molecule has 0 radical (unpaired) electrons. The van der Waals surface area contributed by atoms with Gasteiger partial charge < -0.3 is 9.52 Å². The van der Waals surface area contributed by atoms with E-state index in [0.29, 0.717) is 5.58 Å². The second kappa shape index (κ2) is 4.14. The Kier molecular flexibility index (Phi) is 2.30. The van der Waals surface area contributed by atoms with Crippen LogP contribution in [0.1, 0.15) is 0 Å². The van der Waals surface area contributed by atoms with Crippen LogP contribution in [0.2, 0.25) is 0 Å². The van der Waals surface area contributed by atoms with Crippen molar-refractivity contribution < 1.29 is 9.52 Å². The van der Waals surface area contributed by atoms with Crippen LogP contribution in [0.25, 0.3) is 33.1 Å². The summed E-state index contributed by atoms with van der Waals surface area (Å²) in [5.41, 5.74) is 1.58. The number of hydrogen-bond acceptors (Lipinski definition) is 2. The molecule has 2 nitrogen and oxygen atoms in total. The fourth-order valence-corrected chi connectivity index (χ4v) is 2.62. The van der Waals surface area contributed by atoms with E-state index in [1.165, 1.54) is 5.39 Å². The Morgan fingerprint density at radius 1 is 0.750 bits per heavy atom. The van der Waals surface area contributed by atoms with Gasteiger partial charge in [-0.25, -0.2) is 0 Å². The number of aromatic hydroxyl groups is 1. The minimum atomic E-state index is 0.175. The van der Waals surface area contributed by atoms with Crippen molar-refractivity contribution in [2.75, 3.05) is 0 Å². The third-order valence-electron chi connectivity index (χ3n) is 3.58. The summed E-state index contributed by atoms with van der Waals surface area (Å²) in [4.78, 5) is 0. The molecule has 4 rings (SSSR count). The van der Waals surface area contributed by atoms with E-state index in [4.69, 9.17) is 4.42 Å². The highest BCUT2D eigenvalue weighted by molar-refractivity contribution is 5.98. The Balaban J connectivity index is 2.04. The first-order valence-electron chi connectivity index (χ1n) is 6.52. The van der Waals surface area contributed by atoms with E-state index >= 15 is 0 Å². The van der Waals surface area contributed by atoms with Gasteiger partial charge in [0, 0.05) is 10.9 Å². The van der Waals surface area contributed by atoms with Gasteiger partial charge in [0.1, 0.15) is 5.76 Å². The molecular weight excluding hydrogens is 248 g/mol. The highest BCUT2D eigenvalue weighted by Crippen LogP contribution is 2.35. The zero-order chi connectivity index (χ0) is 13.5. The molecule has 3 aromatic carbocycles. The summed E-state index contributed by atoms with van der Waals surface area (Å²) >= 11 is 0. The minimum absolute atomic E-state index is 0.175. The van der Waals surface area contributed by atoms with Crippen LogP contribution in [0.3, 0.4) is 0 Å². The Morgan fingerprint density at radius 2 is 1.50 bits per heavy atom. The maximum atomic E-state index is 9.85. The number of rotatable bonds is 1. The molecule has 0 bridgehead atoms. The average Bonchev–Trinajstić information content (AvgIpc) is 2.92. The highest BCUT2D eigenvalue weighted by Gasteiger charge is 2.11. The number of fused-ring (bicyclic) bond motifs is 2. The molecule has 0 amide bonds. The molecule has 0 aliphatic rings. The van der Waals surface area contributed by atoms with E-state index in [2.05, 4.69) is 18.2 Å². The molecule has 1 aromatic heterocycles. The molecule has 1 heterocycles. The minimum Gasteiger partial charge on any atom is -0.504 e. The van der Waals surface area contributed by atoms with E-state index in [0.717, 1.165) is 22.1 Å². The fraction of sp³-hybridized carbons (Fsp3) is 0. The normalized spacial score (nSPS) is 11.2. The standard InChI is InChI=1S/C18H12O2/c19-16-10-4-7-13-11-17(20-18(13)16)15-9-3-6-12-5-1-2-8-14(12)15/h1-11,19H. The number of benzene rings is 3. The molecule has 0 aliphatic carbocycles. The highest BCUT2D eigenvalue weighted by atomic mass is 16.4. The first-order valence-corrected chi connectivity index (χ1v) is 6.52. The summed E-state index contributed by atoms with van der Waals surface area (Å²) in [6, 6.07) is 21.7. The van der Waals surface area contributed by atoms with Crippen molar-refractivity contribution in [1.29, 1.82) is 0 Å². The number of phenolic OH excluding ortho intramolecular Hbond substituents is 1. The van der Waals surface area contributed by atoms with Gasteiger partial charge in [0.05, 0.1) is 0 Å². The monoisotopic (exact) mass is 260 g/mol. The maximum absolute atomic E-state index is 9.85. The average molecular weight is 260 g/mol. The van der Waals surface area contributed by atoms with Crippen LogP contribution in [0.4, 0.5) is 0 Å². The van der Waals surface area contributed by atoms with E-state index in [9.17, 15) is 5.11 Å². The van der Waals surface area contributed by atoms with Crippen LogP contribution in [0.5, 0.6) is 5.75 Å². The first kappa shape index (κ1) is 11.1. The van der Waals surface area contributed by atoms with Crippen molar-refractivity contribution in [1.82, 2.24) is 0 Å². The molecule has 4 aromatic rings. The lowest BCUT2D eigenvalue weighted by Gasteiger charge is -2.03. The number of phenols is 1. The fourth-order valence-electron chi connectivity index (χ4n) is 2.62. The number of furan rings is 1. The summed E-state index contributed by atoms with van der Waals surface area (Å²) < 4.78 is 5.84. The van der Waals surface area contributed by atoms with Gasteiger partial charge in [-0.05, 0) is 22.9 Å². The molecular formula is C18H12O2. The van der Waals surface area contributed by atoms with Crippen molar-refractivity contribution in [3.63, 3.8) is 0 Å². The predicted octanol–water partition coefficient (Wildman–Crippen LogP) is 4.96. The Hall–Kier alpha value is -2.74. The lowest BCUT2D eigenvalue weighted by molar-refractivity contribution is 0.466. The second-order valence-electron chi connectivity index (χ2n) is 4.83. The summed E-state index contributed by atoms with van der Waals surface area (Å²) in [7, 11) is 0. The number of para-hydroxylation sites is 1. The molecule has 0 atom stereocenters. The van der Waals surface area contributed by atoms with Gasteiger partial charge in [-0.15, -0.1) is 0 Å². The van der Waals surface area contributed by atoms with E-state index in [1.54, 1.807) is 6.07 Å². The third-order valence-corrected chi connectivity index (χ3v) is 3.58. The Bertz CT molecular complexity index is 914. The molecule has 2 heteroatoms. The molecule has 0 saturated heterocycles. The van der Waals surface area contributed by atoms with Crippen molar-refractivity contribution in [3.05, 3.63) is 66.7 Å². The second-order valence-corrected chi connectivity index (χ2v) is 4.83. The van der Waals surface area contributed by atoms with Gasteiger partial charge >= 0.3 is 0 Å². The molecule has 0 unspecified atom stereocenters. The molecule has 0 aliphatic heterocycles. The lowest BCUT2D eigenvalue weighted by Crippen LogP contribution is -1.77. The maximum Gasteiger partial charge on any atom is 0.176 e. The molecule has 0 fully saturated rings. The van der Waals surface area contributed by atoms with Gasteiger partial charge in [0.25, 0.3) is 0 Å². The van der Waals surface area contributed by atoms with Crippen molar-refractivity contribution in [2.45, 2.75) is 0 Å². The van der Waals surface area contributed by atoms with Gasteiger partial charge in [0.15, 0.2) is 11.3 Å². The van der Waals surface area contributed by atoms with Crippen LogP contribution in [-0.4, -0.2) is 5.11 Å². The smallest absolute Gasteiger partial charge is 0.176 e. The van der Waals surface area contributed by atoms with Crippen molar-refractivity contribution in [2.24, 2.45) is 0 Å². The summed E-state index contributed by atoms with van der Waals surface area (Å²) in [5, 5.41) is 13.1. The van der Waals surface area contributed by atoms with Crippen LogP contribution in [0, 0.1) is 0 Å². The van der Waals surface area contributed by atoms with E-state index < -0.39 is 0 Å². The summed E-state index contributed by atoms with van der Waals surface area (Å²) in [6.07, 6.45) is 0. The SMILES string of the molecule is Oc1cccc2cc(-c3cccc4ccccc34)oc12. The van der Waals surface area contributed by atoms with Gasteiger partial charge in [-0.2, -0.15) is 0 Å². The van der Waals surface area contributed by atoms with E-state index in [-0.39, 0.29) is 5.75 Å². The molecule has 0 spiro atoms. The first-order chi connectivity index (χ1) is 9.83. The molecule has 96 valence electrons.